The minimum atomic E-state index is 0.842. The molecular weight excluding hydrogens is 174 g/mol. The largest absolute Gasteiger partial charge is 0.320 e. The van der Waals surface area contributed by atoms with Gasteiger partial charge in [-0.15, -0.1) is 0 Å². The maximum absolute atomic E-state index is 4.33. The Balaban J connectivity index is 2.45. The zero-order chi connectivity index (χ0) is 9.80. The molecule has 3 nitrogen and oxygen atoms in total. The van der Waals surface area contributed by atoms with Crippen LogP contribution in [-0.2, 0) is 0 Å². The number of aromatic nitrogens is 1. The van der Waals surface area contributed by atoms with Gasteiger partial charge in [-0.2, -0.15) is 0 Å². The summed E-state index contributed by atoms with van der Waals surface area (Å²) in [5.74, 6) is 0.953. The summed E-state index contributed by atoms with van der Waals surface area (Å²) in [5, 5.41) is 0. The van der Waals surface area contributed by atoms with Gasteiger partial charge >= 0.3 is 0 Å². The number of pyridine rings is 1. The quantitative estimate of drug-likeness (QED) is 0.621. The lowest BCUT2D eigenvalue weighted by Gasteiger charge is -2.13. The molecule has 0 spiro atoms. The second-order valence-electron chi connectivity index (χ2n) is 3.24. The van der Waals surface area contributed by atoms with E-state index in [1.54, 1.807) is 6.20 Å². The number of hydrogen-bond acceptors (Lipinski definition) is 3. The average Bonchev–Trinajstić information content (AvgIpc) is 2.30. The van der Waals surface area contributed by atoms with Gasteiger partial charge in [0.15, 0.2) is 0 Å². The smallest absolute Gasteiger partial charge is 0.140 e. The molecule has 1 aliphatic heterocycles. The number of aliphatic imine (C=N–C) groups is 1. The van der Waals surface area contributed by atoms with Gasteiger partial charge in [0.25, 0.3) is 0 Å². The molecule has 1 aliphatic rings. The molecular formula is C11H13N3. The van der Waals surface area contributed by atoms with Crippen LogP contribution in [0.4, 0.5) is 5.82 Å². The van der Waals surface area contributed by atoms with Gasteiger partial charge in [0, 0.05) is 25.4 Å². The third-order valence-electron chi connectivity index (χ3n) is 2.13. The van der Waals surface area contributed by atoms with E-state index in [1.807, 2.05) is 24.4 Å². The highest BCUT2D eigenvalue weighted by atomic mass is 15.2. The Morgan fingerprint density at radius 2 is 2.36 bits per heavy atom. The van der Waals surface area contributed by atoms with Crippen molar-refractivity contribution < 1.29 is 0 Å². The molecule has 1 aromatic rings. The maximum Gasteiger partial charge on any atom is 0.140 e. The minimum absolute atomic E-state index is 0.842. The molecule has 14 heavy (non-hydrogen) atoms. The Kier molecular flexibility index (Phi) is 2.58. The number of rotatable bonds is 0. The van der Waals surface area contributed by atoms with Gasteiger partial charge in [-0.1, -0.05) is 12.2 Å². The summed E-state index contributed by atoms with van der Waals surface area (Å²) in [6.45, 7) is 0.842. The third-order valence-corrected chi connectivity index (χ3v) is 2.13. The lowest BCUT2D eigenvalue weighted by atomic mass is 10.2. The molecule has 0 radical (unpaired) electrons. The summed E-state index contributed by atoms with van der Waals surface area (Å²) in [5.41, 5.74) is 1.14. The first-order chi connectivity index (χ1) is 6.88. The van der Waals surface area contributed by atoms with Crippen LogP contribution in [0.25, 0.3) is 6.08 Å². The Bertz CT molecular complexity index is 369. The van der Waals surface area contributed by atoms with Crippen molar-refractivity contribution in [3.8, 4) is 0 Å². The van der Waals surface area contributed by atoms with Gasteiger partial charge < -0.3 is 4.90 Å². The molecule has 2 heterocycles. The lowest BCUT2D eigenvalue weighted by Crippen LogP contribution is -2.16. The summed E-state index contributed by atoms with van der Waals surface area (Å²) < 4.78 is 0. The molecule has 0 saturated heterocycles. The molecule has 0 aromatic carbocycles. The Labute approximate surface area is 83.8 Å². The molecule has 3 heteroatoms. The van der Waals surface area contributed by atoms with E-state index in [0.717, 1.165) is 24.3 Å². The van der Waals surface area contributed by atoms with Crippen molar-refractivity contribution in [1.82, 2.24) is 4.98 Å². The van der Waals surface area contributed by atoms with Crippen LogP contribution in [0.1, 0.15) is 12.0 Å². The fourth-order valence-electron chi connectivity index (χ4n) is 1.43. The molecule has 2 rings (SSSR count). The van der Waals surface area contributed by atoms with Gasteiger partial charge in [0.1, 0.15) is 5.82 Å². The number of hydrogen-bond donors (Lipinski definition) is 0. The van der Waals surface area contributed by atoms with Crippen molar-refractivity contribution in [1.29, 1.82) is 0 Å². The third kappa shape index (κ3) is 1.82. The van der Waals surface area contributed by atoms with E-state index in [1.165, 1.54) is 0 Å². The summed E-state index contributed by atoms with van der Waals surface area (Å²) in [7, 11) is 1.97. The van der Waals surface area contributed by atoms with Gasteiger partial charge in [-0.25, -0.2) is 4.98 Å². The van der Waals surface area contributed by atoms with Gasteiger partial charge in [0.05, 0.1) is 6.34 Å². The average molecular weight is 187 g/mol. The molecule has 0 saturated carbocycles. The maximum atomic E-state index is 4.33. The van der Waals surface area contributed by atoms with Crippen molar-refractivity contribution >= 4 is 18.2 Å². The van der Waals surface area contributed by atoms with E-state index in [0.29, 0.717) is 0 Å². The summed E-state index contributed by atoms with van der Waals surface area (Å²) in [4.78, 5) is 10.6. The van der Waals surface area contributed by atoms with E-state index in [4.69, 9.17) is 0 Å². The van der Waals surface area contributed by atoms with E-state index >= 15 is 0 Å². The van der Waals surface area contributed by atoms with Crippen molar-refractivity contribution in [3.05, 3.63) is 30.0 Å². The SMILES string of the molecule is CN1C=NCC/C=C/c2cccnc21. The van der Waals surface area contributed by atoms with Crippen LogP contribution in [0, 0.1) is 0 Å². The molecule has 0 unspecified atom stereocenters. The molecule has 0 N–H and O–H groups in total. The van der Waals surface area contributed by atoms with Crippen molar-refractivity contribution in [3.63, 3.8) is 0 Å². The molecule has 0 amide bonds. The monoisotopic (exact) mass is 187 g/mol. The van der Waals surface area contributed by atoms with Gasteiger partial charge in [-0.05, 0) is 18.6 Å². The van der Waals surface area contributed by atoms with Crippen molar-refractivity contribution in [2.45, 2.75) is 6.42 Å². The summed E-state index contributed by atoms with van der Waals surface area (Å²) >= 11 is 0. The highest BCUT2D eigenvalue weighted by Gasteiger charge is 2.04. The fraction of sp³-hybridized carbons (Fsp3) is 0.273. The van der Waals surface area contributed by atoms with E-state index in [-0.39, 0.29) is 0 Å². The predicted octanol–water partition coefficient (Wildman–Crippen LogP) is 1.96. The first-order valence-electron chi connectivity index (χ1n) is 4.72. The molecule has 72 valence electrons. The normalized spacial score (nSPS) is 17.9. The number of nitrogens with zero attached hydrogens (tertiary/aromatic N) is 3. The molecule has 0 atom stereocenters. The summed E-state index contributed by atoms with van der Waals surface area (Å²) in [6, 6.07) is 4.01. The van der Waals surface area contributed by atoms with Crippen LogP contribution in [0.3, 0.4) is 0 Å². The standard InChI is InChI=1S/C11H13N3/c1-14-9-12-7-3-2-5-10-6-4-8-13-11(10)14/h2,4-6,8-9H,3,7H2,1H3/b5-2+,12-9?. The zero-order valence-electron chi connectivity index (χ0n) is 8.22. The second kappa shape index (κ2) is 4.05. The Morgan fingerprint density at radius 1 is 1.43 bits per heavy atom. The van der Waals surface area contributed by atoms with Crippen molar-refractivity contribution in [2.24, 2.45) is 4.99 Å². The first kappa shape index (κ1) is 8.94. The van der Waals surface area contributed by atoms with E-state index in [9.17, 15) is 0 Å². The van der Waals surface area contributed by atoms with Crippen LogP contribution < -0.4 is 4.90 Å². The van der Waals surface area contributed by atoms with Crippen LogP contribution in [0.5, 0.6) is 0 Å². The zero-order valence-corrected chi connectivity index (χ0v) is 8.22. The minimum Gasteiger partial charge on any atom is -0.320 e. The van der Waals surface area contributed by atoms with Crippen LogP contribution in [-0.4, -0.2) is 24.9 Å². The van der Waals surface area contributed by atoms with Gasteiger partial charge in [-0.3, -0.25) is 4.99 Å². The molecule has 0 fully saturated rings. The Morgan fingerprint density at radius 3 is 3.29 bits per heavy atom. The Hall–Kier alpha value is -1.64. The van der Waals surface area contributed by atoms with Gasteiger partial charge in [0.2, 0.25) is 0 Å². The van der Waals surface area contributed by atoms with Crippen LogP contribution in [0.15, 0.2) is 29.4 Å². The highest BCUT2D eigenvalue weighted by molar-refractivity contribution is 5.81. The topological polar surface area (TPSA) is 28.5 Å². The van der Waals surface area contributed by atoms with E-state index in [2.05, 4.69) is 28.2 Å². The van der Waals surface area contributed by atoms with Crippen LogP contribution in [0.2, 0.25) is 0 Å². The first-order valence-corrected chi connectivity index (χ1v) is 4.72. The summed E-state index contributed by atoms with van der Waals surface area (Å²) in [6.07, 6.45) is 8.86. The van der Waals surface area contributed by atoms with Crippen LogP contribution >= 0.6 is 0 Å². The van der Waals surface area contributed by atoms with Crippen molar-refractivity contribution in [2.75, 3.05) is 18.5 Å². The van der Waals surface area contributed by atoms with E-state index < -0.39 is 0 Å². The fourth-order valence-corrected chi connectivity index (χ4v) is 1.43. The molecule has 1 aromatic heterocycles. The molecule has 0 aliphatic carbocycles. The molecule has 0 bridgehead atoms. The number of anilines is 1. The second-order valence-corrected chi connectivity index (χ2v) is 3.24. The number of fused-ring (bicyclic) bond motifs is 1. The lowest BCUT2D eigenvalue weighted by molar-refractivity contribution is 1.01. The highest BCUT2D eigenvalue weighted by Crippen LogP contribution is 2.17. The predicted molar refractivity (Wildman–Crippen MR) is 59.7 cm³/mol.